The van der Waals surface area contributed by atoms with Crippen molar-refractivity contribution >= 4 is 21.6 Å². The van der Waals surface area contributed by atoms with Gasteiger partial charge < -0.3 is 10.1 Å². The van der Waals surface area contributed by atoms with Crippen molar-refractivity contribution in [3.8, 4) is 0 Å². The predicted molar refractivity (Wildman–Crippen MR) is 121 cm³/mol. The van der Waals surface area contributed by atoms with E-state index < -0.39 is 10.0 Å². The molecule has 0 saturated heterocycles. The Kier molecular flexibility index (Phi) is 8.03. The predicted octanol–water partition coefficient (Wildman–Crippen LogP) is 4.25. The molecule has 1 amide bonds. The van der Waals surface area contributed by atoms with Gasteiger partial charge in [0.05, 0.1) is 4.90 Å². The fraction of sp³-hybridized carbons (Fsp3) is 0.435. The molecule has 2 aromatic carbocycles. The number of nitrogens with one attached hydrogen (secondary N) is 2. The minimum Gasteiger partial charge on any atom is -0.382 e. The second-order valence-corrected chi connectivity index (χ2v) is 9.87. The van der Waals surface area contributed by atoms with E-state index in [1.54, 1.807) is 37.3 Å². The maximum Gasteiger partial charge on any atom is 0.262 e. The van der Waals surface area contributed by atoms with E-state index in [2.05, 4.69) is 10.0 Å². The van der Waals surface area contributed by atoms with E-state index in [9.17, 15) is 13.2 Å². The van der Waals surface area contributed by atoms with Gasteiger partial charge in [-0.3, -0.25) is 9.52 Å². The molecule has 0 atom stereocenters. The van der Waals surface area contributed by atoms with Crippen LogP contribution in [0.5, 0.6) is 0 Å². The fourth-order valence-electron chi connectivity index (χ4n) is 2.91. The number of carbonyl (C=O) groups excluding carboxylic acids is 1. The average Bonchev–Trinajstić information content (AvgIpc) is 2.66. The Balaban J connectivity index is 2.16. The molecule has 0 aromatic heterocycles. The summed E-state index contributed by atoms with van der Waals surface area (Å²) < 4.78 is 33.9. The highest BCUT2D eigenvalue weighted by Gasteiger charge is 2.22. The second kappa shape index (κ2) is 10.1. The molecular formula is C23H32N2O4S. The van der Waals surface area contributed by atoms with E-state index >= 15 is 0 Å². The summed E-state index contributed by atoms with van der Waals surface area (Å²) in [6.45, 7) is 11.5. The number of benzene rings is 2. The molecule has 164 valence electrons. The van der Waals surface area contributed by atoms with Gasteiger partial charge in [-0.25, -0.2) is 8.42 Å². The minimum absolute atomic E-state index is 0.169. The first-order chi connectivity index (χ1) is 14.0. The summed E-state index contributed by atoms with van der Waals surface area (Å²) in [4.78, 5) is 12.6. The number of aryl methyl sites for hydroxylation is 1. The van der Waals surface area contributed by atoms with Crippen LogP contribution in [0.25, 0.3) is 0 Å². The molecule has 2 rings (SSSR count). The average molecular weight is 433 g/mol. The van der Waals surface area contributed by atoms with E-state index in [1.807, 2.05) is 39.8 Å². The van der Waals surface area contributed by atoms with Crippen molar-refractivity contribution in [2.45, 2.75) is 51.3 Å². The van der Waals surface area contributed by atoms with Gasteiger partial charge in [0.15, 0.2) is 0 Å². The van der Waals surface area contributed by atoms with Crippen LogP contribution in [0.2, 0.25) is 0 Å². The van der Waals surface area contributed by atoms with Crippen LogP contribution in [-0.4, -0.2) is 34.1 Å². The van der Waals surface area contributed by atoms with Crippen molar-refractivity contribution in [3.05, 3.63) is 59.2 Å². The zero-order valence-electron chi connectivity index (χ0n) is 18.4. The third-order valence-corrected chi connectivity index (χ3v) is 6.20. The van der Waals surface area contributed by atoms with Crippen molar-refractivity contribution in [2.24, 2.45) is 0 Å². The molecule has 7 heteroatoms. The van der Waals surface area contributed by atoms with Gasteiger partial charge in [-0.2, -0.15) is 0 Å². The van der Waals surface area contributed by atoms with Gasteiger partial charge in [0.25, 0.3) is 15.9 Å². The number of hydrogen-bond acceptors (Lipinski definition) is 4. The molecule has 0 aliphatic rings. The summed E-state index contributed by atoms with van der Waals surface area (Å²) in [6.07, 6.45) is 0.718. The van der Waals surface area contributed by atoms with Crippen LogP contribution in [0.3, 0.4) is 0 Å². The highest BCUT2D eigenvalue weighted by molar-refractivity contribution is 7.92. The van der Waals surface area contributed by atoms with Gasteiger partial charge >= 0.3 is 0 Å². The van der Waals surface area contributed by atoms with Crippen LogP contribution >= 0.6 is 0 Å². The summed E-state index contributed by atoms with van der Waals surface area (Å²) in [7, 11) is -3.79. The van der Waals surface area contributed by atoms with Crippen molar-refractivity contribution in [1.82, 2.24) is 5.32 Å². The highest BCUT2D eigenvalue weighted by atomic mass is 32.2. The van der Waals surface area contributed by atoms with Crippen LogP contribution < -0.4 is 10.0 Å². The van der Waals surface area contributed by atoms with Gasteiger partial charge in [-0.05, 0) is 61.1 Å². The maximum absolute atomic E-state index is 13.0. The number of amides is 1. The molecular weight excluding hydrogens is 400 g/mol. The lowest BCUT2D eigenvalue weighted by Gasteiger charge is -2.21. The number of ether oxygens (including phenoxy) is 1. The Morgan fingerprint density at radius 1 is 1.10 bits per heavy atom. The van der Waals surface area contributed by atoms with Crippen molar-refractivity contribution in [1.29, 1.82) is 0 Å². The van der Waals surface area contributed by atoms with E-state index in [0.717, 1.165) is 12.0 Å². The van der Waals surface area contributed by atoms with Crippen molar-refractivity contribution in [3.63, 3.8) is 0 Å². The van der Waals surface area contributed by atoms with Gasteiger partial charge in [0.2, 0.25) is 0 Å². The Morgan fingerprint density at radius 3 is 2.50 bits per heavy atom. The lowest BCUT2D eigenvalue weighted by atomic mass is 9.87. The number of anilines is 1. The molecule has 0 unspecified atom stereocenters. The van der Waals surface area contributed by atoms with E-state index in [4.69, 9.17) is 4.74 Å². The summed E-state index contributed by atoms with van der Waals surface area (Å²) in [5, 5.41) is 2.82. The van der Waals surface area contributed by atoms with Crippen molar-refractivity contribution < 1.29 is 17.9 Å². The number of hydrogen-bond donors (Lipinski definition) is 2. The van der Waals surface area contributed by atoms with E-state index in [-0.39, 0.29) is 16.2 Å². The van der Waals surface area contributed by atoms with Gasteiger partial charge in [-0.1, -0.05) is 39.0 Å². The highest BCUT2D eigenvalue weighted by Crippen LogP contribution is 2.28. The lowest BCUT2D eigenvalue weighted by molar-refractivity contribution is 0.0944. The summed E-state index contributed by atoms with van der Waals surface area (Å²) >= 11 is 0. The minimum atomic E-state index is -3.79. The third-order valence-electron chi connectivity index (χ3n) is 4.68. The van der Waals surface area contributed by atoms with Gasteiger partial charge in [0, 0.05) is 31.0 Å². The van der Waals surface area contributed by atoms with Crippen molar-refractivity contribution in [2.75, 3.05) is 24.5 Å². The van der Waals surface area contributed by atoms with Crippen LogP contribution in [0, 0.1) is 6.92 Å². The molecule has 6 nitrogen and oxygen atoms in total. The molecule has 0 saturated carbocycles. The zero-order chi connectivity index (χ0) is 22.4. The quantitative estimate of drug-likeness (QED) is 0.580. The Hall–Kier alpha value is -2.38. The Bertz CT molecular complexity index is 979. The maximum atomic E-state index is 13.0. The molecule has 0 aliphatic carbocycles. The molecule has 0 bridgehead atoms. The largest absolute Gasteiger partial charge is 0.382 e. The molecule has 30 heavy (non-hydrogen) atoms. The standard InChI is InChI=1S/C23H32N2O4S/c1-6-29-14-8-13-24-22(26)18-9-7-10-20(15-18)25-30(27,28)21-16-19(23(3,4)5)12-11-17(21)2/h7,9-12,15-16,25H,6,8,13-14H2,1-5H3,(H,24,26). The molecule has 0 radical (unpaired) electrons. The topological polar surface area (TPSA) is 84.5 Å². The normalized spacial score (nSPS) is 11.9. The Morgan fingerprint density at radius 2 is 1.83 bits per heavy atom. The van der Waals surface area contributed by atoms with Crippen LogP contribution in [0.15, 0.2) is 47.4 Å². The summed E-state index contributed by atoms with van der Waals surface area (Å²) in [6, 6.07) is 12.0. The molecule has 2 N–H and O–H groups in total. The SMILES string of the molecule is CCOCCCNC(=O)c1cccc(NS(=O)(=O)c2cc(C(C)(C)C)ccc2C)c1. The zero-order valence-corrected chi connectivity index (χ0v) is 19.2. The first-order valence-corrected chi connectivity index (χ1v) is 11.6. The first kappa shape index (κ1) is 23.9. The van der Waals surface area contributed by atoms with Crippen LogP contribution in [0.1, 0.15) is 55.6 Å². The van der Waals surface area contributed by atoms with E-state index in [0.29, 0.717) is 36.6 Å². The van der Waals surface area contributed by atoms with Crippen LogP contribution in [0.4, 0.5) is 5.69 Å². The van der Waals surface area contributed by atoms with Gasteiger partial charge in [0.1, 0.15) is 0 Å². The summed E-state index contributed by atoms with van der Waals surface area (Å²) in [5.41, 5.74) is 2.18. The molecule has 2 aromatic rings. The Labute approximate surface area is 180 Å². The number of carbonyl (C=O) groups is 1. The fourth-order valence-corrected chi connectivity index (χ4v) is 4.23. The monoisotopic (exact) mass is 432 g/mol. The third kappa shape index (κ3) is 6.57. The second-order valence-electron chi connectivity index (χ2n) is 8.22. The summed E-state index contributed by atoms with van der Waals surface area (Å²) in [5.74, 6) is -0.251. The van der Waals surface area contributed by atoms with Gasteiger partial charge in [-0.15, -0.1) is 0 Å². The molecule has 0 aliphatic heterocycles. The lowest BCUT2D eigenvalue weighted by Crippen LogP contribution is -2.25. The number of sulfonamides is 1. The van der Waals surface area contributed by atoms with E-state index in [1.165, 1.54) is 0 Å². The molecule has 0 fully saturated rings. The molecule has 0 heterocycles. The van der Waals surface area contributed by atoms with Crippen LogP contribution in [-0.2, 0) is 20.2 Å². The number of rotatable bonds is 9. The molecule has 0 spiro atoms. The first-order valence-electron chi connectivity index (χ1n) is 10.1. The smallest absolute Gasteiger partial charge is 0.262 e.